The standard InChI is InChI=1S/C12H19N3O2S/c1-2-14-18(16,17)15-8-11(12(13)9-15)10-6-4-3-5-7-10/h3-7,11-12,14H,2,8-9,13H2,1H3/t11-,12+/m0/s1. The maximum atomic E-state index is 11.9. The second-order valence-electron chi connectivity index (χ2n) is 4.50. The fourth-order valence-electron chi connectivity index (χ4n) is 2.31. The van der Waals surface area contributed by atoms with Gasteiger partial charge in [-0.3, -0.25) is 0 Å². The topological polar surface area (TPSA) is 75.4 Å². The summed E-state index contributed by atoms with van der Waals surface area (Å²) in [6.07, 6.45) is 0. The Hall–Kier alpha value is -0.950. The third-order valence-corrected chi connectivity index (χ3v) is 4.86. The minimum absolute atomic E-state index is 0.0691. The van der Waals surface area contributed by atoms with Crippen LogP contribution in [0.4, 0.5) is 0 Å². The van der Waals surface area contributed by atoms with Gasteiger partial charge in [0.2, 0.25) is 0 Å². The number of nitrogens with two attached hydrogens (primary N) is 1. The van der Waals surface area contributed by atoms with Gasteiger partial charge in [-0.2, -0.15) is 12.7 Å². The summed E-state index contributed by atoms with van der Waals surface area (Å²) in [4.78, 5) is 0. The zero-order chi connectivity index (χ0) is 13.2. The molecule has 18 heavy (non-hydrogen) atoms. The van der Waals surface area contributed by atoms with Gasteiger partial charge in [0.15, 0.2) is 0 Å². The summed E-state index contributed by atoms with van der Waals surface area (Å²) in [6.45, 7) is 2.97. The fraction of sp³-hybridized carbons (Fsp3) is 0.500. The van der Waals surface area contributed by atoms with Gasteiger partial charge < -0.3 is 5.73 Å². The number of nitrogens with one attached hydrogen (secondary N) is 1. The van der Waals surface area contributed by atoms with Crippen molar-refractivity contribution >= 4 is 10.2 Å². The maximum Gasteiger partial charge on any atom is 0.279 e. The summed E-state index contributed by atoms with van der Waals surface area (Å²) in [5, 5.41) is 0. The third-order valence-electron chi connectivity index (χ3n) is 3.23. The molecule has 6 heteroatoms. The van der Waals surface area contributed by atoms with Gasteiger partial charge in [0, 0.05) is 31.6 Å². The molecule has 1 aliphatic rings. The van der Waals surface area contributed by atoms with Crippen LogP contribution in [-0.4, -0.2) is 38.4 Å². The van der Waals surface area contributed by atoms with E-state index >= 15 is 0 Å². The van der Waals surface area contributed by atoms with Crippen molar-refractivity contribution in [2.45, 2.75) is 18.9 Å². The average molecular weight is 269 g/mol. The Morgan fingerprint density at radius 1 is 1.33 bits per heavy atom. The summed E-state index contributed by atoms with van der Waals surface area (Å²) in [5.41, 5.74) is 7.16. The smallest absolute Gasteiger partial charge is 0.279 e. The molecule has 1 saturated heterocycles. The average Bonchev–Trinajstić information content (AvgIpc) is 2.73. The van der Waals surface area contributed by atoms with E-state index in [-0.39, 0.29) is 12.0 Å². The molecule has 0 unspecified atom stereocenters. The zero-order valence-corrected chi connectivity index (χ0v) is 11.2. The summed E-state index contributed by atoms with van der Waals surface area (Å²) in [6, 6.07) is 9.67. The molecule has 1 fully saturated rings. The molecule has 1 aromatic rings. The van der Waals surface area contributed by atoms with E-state index < -0.39 is 10.2 Å². The van der Waals surface area contributed by atoms with E-state index in [1.807, 2.05) is 30.3 Å². The monoisotopic (exact) mass is 269 g/mol. The van der Waals surface area contributed by atoms with E-state index in [9.17, 15) is 8.42 Å². The number of nitrogens with zero attached hydrogens (tertiary/aromatic N) is 1. The highest BCUT2D eigenvalue weighted by Crippen LogP contribution is 2.27. The highest BCUT2D eigenvalue weighted by Gasteiger charge is 2.37. The van der Waals surface area contributed by atoms with Gasteiger partial charge in [-0.1, -0.05) is 37.3 Å². The van der Waals surface area contributed by atoms with Crippen LogP contribution in [0.5, 0.6) is 0 Å². The minimum atomic E-state index is -3.38. The lowest BCUT2D eigenvalue weighted by molar-refractivity contribution is 0.460. The quantitative estimate of drug-likeness (QED) is 0.823. The Morgan fingerprint density at radius 2 is 2.00 bits per heavy atom. The van der Waals surface area contributed by atoms with Crippen molar-refractivity contribution in [3.63, 3.8) is 0 Å². The normalized spacial score (nSPS) is 25.4. The van der Waals surface area contributed by atoms with Crippen molar-refractivity contribution < 1.29 is 8.42 Å². The summed E-state index contributed by atoms with van der Waals surface area (Å²) >= 11 is 0. The van der Waals surface area contributed by atoms with Crippen LogP contribution in [0.25, 0.3) is 0 Å². The number of hydrogen-bond donors (Lipinski definition) is 2. The molecule has 0 aliphatic carbocycles. The summed E-state index contributed by atoms with van der Waals surface area (Å²) < 4.78 is 27.8. The molecule has 3 N–H and O–H groups in total. The molecule has 0 saturated carbocycles. The van der Waals surface area contributed by atoms with Crippen molar-refractivity contribution in [1.82, 2.24) is 9.03 Å². The van der Waals surface area contributed by atoms with E-state index in [1.165, 1.54) is 4.31 Å². The van der Waals surface area contributed by atoms with Crippen molar-refractivity contribution in [2.24, 2.45) is 5.73 Å². The van der Waals surface area contributed by atoms with Crippen LogP contribution in [0.15, 0.2) is 30.3 Å². The fourth-order valence-corrected chi connectivity index (χ4v) is 3.59. The lowest BCUT2D eigenvalue weighted by Crippen LogP contribution is -2.40. The van der Waals surface area contributed by atoms with Gasteiger partial charge in [0.25, 0.3) is 10.2 Å². The van der Waals surface area contributed by atoms with Crippen LogP contribution < -0.4 is 10.5 Å². The van der Waals surface area contributed by atoms with Crippen LogP contribution in [-0.2, 0) is 10.2 Å². The molecule has 0 radical (unpaired) electrons. The molecule has 1 heterocycles. The predicted octanol–water partition coefficient (Wildman–Crippen LogP) is 0.267. The first-order valence-electron chi connectivity index (χ1n) is 6.10. The highest BCUT2D eigenvalue weighted by atomic mass is 32.2. The van der Waals surface area contributed by atoms with Crippen molar-refractivity contribution in [3.8, 4) is 0 Å². The largest absolute Gasteiger partial charge is 0.326 e. The van der Waals surface area contributed by atoms with Crippen LogP contribution in [0.2, 0.25) is 0 Å². The molecule has 1 aromatic carbocycles. The van der Waals surface area contributed by atoms with Crippen LogP contribution in [0.1, 0.15) is 18.4 Å². The Morgan fingerprint density at radius 3 is 2.61 bits per heavy atom. The van der Waals surface area contributed by atoms with Gasteiger partial charge in [-0.05, 0) is 5.56 Å². The Labute approximate surface area is 108 Å². The van der Waals surface area contributed by atoms with Crippen molar-refractivity contribution in [3.05, 3.63) is 35.9 Å². The van der Waals surface area contributed by atoms with Gasteiger partial charge >= 0.3 is 0 Å². The molecule has 100 valence electrons. The SMILES string of the molecule is CCNS(=O)(=O)N1C[C@@H](N)[C@H](c2ccccc2)C1. The first-order valence-corrected chi connectivity index (χ1v) is 7.54. The predicted molar refractivity (Wildman–Crippen MR) is 71.3 cm³/mol. The van der Waals surface area contributed by atoms with Gasteiger partial charge in [0.1, 0.15) is 0 Å². The third kappa shape index (κ3) is 2.72. The first kappa shape index (κ1) is 13.5. The molecular weight excluding hydrogens is 250 g/mol. The Balaban J connectivity index is 2.15. The lowest BCUT2D eigenvalue weighted by atomic mass is 9.95. The molecule has 5 nitrogen and oxygen atoms in total. The van der Waals surface area contributed by atoms with E-state index in [2.05, 4.69) is 4.72 Å². The van der Waals surface area contributed by atoms with Crippen LogP contribution in [0, 0.1) is 0 Å². The van der Waals surface area contributed by atoms with Crippen molar-refractivity contribution in [1.29, 1.82) is 0 Å². The van der Waals surface area contributed by atoms with Crippen LogP contribution >= 0.6 is 0 Å². The molecule has 0 aromatic heterocycles. The molecule has 2 atom stereocenters. The summed E-state index contributed by atoms with van der Waals surface area (Å²) in [7, 11) is -3.38. The number of hydrogen-bond acceptors (Lipinski definition) is 3. The first-order chi connectivity index (χ1) is 8.54. The van der Waals surface area contributed by atoms with Crippen LogP contribution in [0.3, 0.4) is 0 Å². The molecule has 2 rings (SSSR count). The second-order valence-corrected chi connectivity index (χ2v) is 6.26. The molecule has 0 amide bonds. The Kier molecular flexibility index (Phi) is 4.01. The molecular formula is C12H19N3O2S. The van der Waals surface area contributed by atoms with E-state index in [1.54, 1.807) is 6.92 Å². The van der Waals surface area contributed by atoms with Crippen molar-refractivity contribution in [2.75, 3.05) is 19.6 Å². The number of benzene rings is 1. The molecule has 1 aliphatic heterocycles. The maximum absolute atomic E-state index is 11.9. The van der Waals surface area contributed by atoms with Gasteiger partial charge in [-0.15, -0.1) is 0 Å². The highest BCUT2D eigenvalue weighted by molar-refractivity contribution is 7.87. The van der Waals surface area contributed by atoms with Gasteiger partial charge in [-0.25, -0.2) is 4.72 Å². The van der Waals surface area contributed by atoms with E-state index in [4.69, 9.17) is 5.73 Å². The number of rotatable bonds is 4. The summed E-state index contributed by atoms with van der Waals surface area (Å²) in [5.74, 6) is 0.0691. The minimum Gasteiger partial charge on any atom is -0.326 e. The zero-order valence-electron chi connectivity index (χ0n) is 10.4. The second kappa shape index (κ2) is 5.36. The van der Waals surface area contributed by atoms with E-state index in [0.29, 0.717) is 19.6 Å². The van der Waals surface area contributed by atoms with Gasteiger partial charge in [0.05, 0.1) is 0 Å². The Bertz CT molecular complexity index is 489. The molecule has 0 spiro atoms. The van der Waals surface area contributed by atoms with E-state index in [0.717, 1.165) is 5.56 Å². The molecule has 0 bridgehead atoms. The lowest BCUT2D eigenvalue weighted by Gasteiger charge is -2.16.